The number of para-hydroxylation sites is 2. The lowest BCUT2D eigenvalue weighted by atomic mass is 9.86. The van der Waals surface area contributed by atoms with Crippen LogP contribution in [-0.4, -0.2) is 0 Å². The van der Waals surface area contributed by atoms with Crippen molar-refractivity contribution in [1.82, 2.24) is 0 Å². The molecule has 0 unspecified atom stereocenters. The summed E-state index contributed by atoms with van der Waals surface area (Å²) in [5, 5.41) is 13.4. The Bertz CT molecular complexity index is 3580. The van der Waals surface area contributed by atoms with E-state index in [1.165, 1.54) is 112 Å². The van der Waals surface area contributed by atoms with E-state index in [1.54, 1.807) is 0 Å². The van der Waals surface area contributed by atoms with Crippen LogP contribution in [0.1, 0.15) is 37.8 Å². The van der Waals surface area contributed by atoms with Crippen LogP contribution in [0.3, 0.4) is 0 Å². The van der Waals surface area contributed by atoms with Gasteiger partial charge in [-0.15, -0.1) is 22.7 Å². The summed E-state index contributed by atoms with van der Waals surface area (Å²) in [6.45, 7) is 4.64. The normalized spacial score (nSPS) is 12.9. The summed E-state index contributed by atoms with van der Waals surface area (Å²) in [4.78, 5) is 5.16. The Morgan fingerprint density at radius 1 is 0.450 bits per heavy atom. The lowest BCUT2D eigenvalue weighted by Crippen LogP contribution is -2.32. The first-order valence-electron chi connectivity index (χ1n) is 21.3. The van der Waals surface area contributed by atoms with Crippen molar-refractivity contribution in [2.75, 3.05) is 9.80 Å². The zero-order chi connectivity index (χ0) is 39.9. The fourth-order valence-corrected chi connectivity index (χ4v) is 12.6. The first kappa shape index (κ1) is 35.5. The number of aryl methyl sites for hydroxylation is 2. The monoisotopic (exact) mass is 806 g/mol. The fraction of sp³-hybridized carbons (Fsp3) is 0.107. The van der Waals surface area contributed by atoms with Crippen molar-refractivity contribution in [3.8, 4) is 0 Å². The summed E-state index contributed by atoms with van der Waals surface area (Å²) in [5.41, 5.74) is 10.2. The fourth-order valence-electron chi connectivity index (χ4n) is 10.1. The van der Waals surface area contributed by atoms with E-state index in [9.17, 15) is 0 Å². The molecule has 9 aromatic carbocycles. The molecular formula is C56H42N2S2. The van der Waals surface area contributed by atoms with Crippen molar-refractivity contribution in [2.45, 2.75) is 39.5 Å². The minimum absolute atomic E-state index is 0.934. The summed E-state index contributed by atoms with van der Waals surface area (Å²) in [6.07, 6.45) is 6.35. The topological polar surface area (TPSA) is 6.48 Å². The van der Waals surface area contributed by atoms with Gasteiger partial charge in [0, 0.05) is 53.4 Å². The van der Waals surface area contributed by atoms with E-state index in [2.05, 4.69) is 194 Å². The summed E-state index contributed by atoms with van der Waals surface area (Å²) >= 11 is 3.84. The van der Waals surface area contributed by atoms with Gasteiger partial charge in [-0.3, -0.25) is 0 Å². The number of fused-ring (bicyclic) bond motifs is 6. The summed E-state index contributed by atoms with van der Waals surface area (Å²) < 4.78 is 5.36. The Hall–Kier alpha value is -6.46. The van der Waals surface area contributed by atoms with Crippen LogP contribution in [0.5, 0.6) is 0 Å². The van der Waals surface area contributed by atoms with E-state index in [0.29, 0.717) is 0 Å². The van der Waals surface area contributed by atoms with Gasteiger partial charge in [-0.25, -0.2) is 0 Å². The molecule has 0 saturated carbocycles. The maximum absolute atomic E-state index is 2.62. The Kier molecular flexibility index (Phi) is 8.33. The maximum Gasteiger partial charge on any atom is 0.0640 e. The minimum atomic E-state index is 0.934. The molecule has 288 valence electrons. The Labute approximate surface area is 357 Å². The van der Waals surface area contributed by atoms with Gasteiger partial charge >= 0.3 is 0 Å². The van der Waals surface area contributed by atoms with Gasteiger partial charge in [-0.2, -0.15) is 0 Å². The van der Waals surface area contributed by atoms with Gasteiger partial charge < -0.3 is 9.80 Å². The third-order valence-corrected chi connectivity index (χ3v) is 15.3. The van der Waals surface area contributed by atoms with Crippen LogP contribution < -0.4 is 19.6 Å². The van der Waals surface area contributed by atoms with E-state index in [-0.39, 0.29) is 0 Å². The van der Waals surface area contributed by atoms with Crippen LogP contribution in [0.2, 0.25) is 0 Å². The molecule has 11 aromatic rings. The molecule has 60 heavy (non-hydrogen) atoms. The molecular weight excluding hydrogens is 765 g/mol. The quantitative estimate of drug-likeness (QED) is 0.141. The minimum Gasteiger partial charge on any atom is -0.312 e. The Morgan fingerprint density at radius 2 is 0.983 bits per heavy atom. The molecule has 2 nitrogen and oxygen atoms in total. The lowest BCUT2D eigenvalue weighted by molar-refractivity contribution is 1.04. The Morgan fingerprint density at radius 3 is 1.63 bits per heavy atom. The molecule has 0 atom stereocenters. The highest BCUT2D eigenvalue weighted by Gasteiger charge is 2.27. The lowest BCUT2D eigenvalue weighted by Gasteiger charge is -2.32. The molecule has 0 bridgehead atoms. The number of hydrogen-bond donors (Lipinski definition) is 0. The molecule has 0 fully saturated rings. The van der Waals surface area contributed by atoms with Gasteiger partial charge in [-0.05, 0) is 118 Å². The molecule has 0 aliphatic heterocycles. The van der Waals surface area contributed by atoms with E-state index < -0.39 is 0 Å². The third-order valence-electron chi connectivity index (χ3n) is 12.8. The van der Waals surface area contributed by atoms with Crippen molar-refractivity contribution in [3.63, 3.8) is 0 Å². The van der Waals surface area contributed by atoms with E-state index in [4.69, 9.17) is 0 Å². The molecule has 0 radical (unpaired) electrons. The van der Waals surface area contributed by atoms with Gasteiger partial charge in [0.25, 0.3) is 0 Å². The Balaban J connectivity index is 1.19. The molecule has 2 aromatic heterocycles. The largest absolute Gasteiger partial charge is 0.312 e. The van der Waals surface area contributed by atoms with Gasteiger partial charge in [0.15, 0.2) is 0 Å². The van der Waals surface area contributed by atoms with Crippen LogP contribution in [0.4, 0.5) is 28.4 Å². The van der Waals surface area contributed by atoms with Gasteiger partial charge in [0.1, 0.15) is 0 Å². The number of benzene rings is 9. The number of thiophene rings is 2. The summed E-state index contributed by atoms with van der Waals surface area (Å²) in [5.74, 6) is 0. The van der Waals surface area contributed by atoms with Gasteiger partial charge in [-0.1, -0.05) is 129 Å². The second-order valence-electron chi connectivity index (χ2n) is 16.0. The van der Waals surface area contributed by atoms with E-state index >= 15 is 0 Å². The van der Waals surface area contributed by atoms with E-state index in [1.807, 2.05) is 22.7 Å². The third kappa shape index (κ3) is 5.30. The highest BCUT2D eigenvalue weighted by atomic mass is 32.1. The molecule has 1 aliphatic rings. The number of rotatable bonds is 8. The van der Waals surface area contributed by atoms with Gasteiger partial charge in [0.2, 0.25) is 0 Å². The van der Waals surface area contributed by atoms with Crippen molar-refractivity contribution < 1.29 is 0 Å². The molecule has 2 heterocycles. The van der Waals surface area contributed by atoms with Crippen molar-refractivity contribution in [3.05, 3.63) is 185 Å². The van der Waals surface area contributed by atoms with Crippen LogP contribution in [0.15, 0.2) is 164 Å². The maximum atomic E-state index is 2.62. The standard InChI is InChI=1S/C56H42N2S2/c1-3-35-33-49(57(37-17-7-5-8-18-37)47-25-15-23-43-41-21-11-13-27-51(41)59-55(43)47)45-32-30-40-36(4-2)34-50(46-31-29-39(35)53(45)54(40)46)58(38-19-9-6-10-20-38)48-26-16-24-44-42-22-12-14-28-52(42)60-56(44)48/h5-15,17-25,27-34H,3-4,16,26H2,1-2H3. The van der Waals surface area contributed by atoms with Crippen molar-refractivity contribution in [1.29, 1.82) is 0 Å². The van der Waals surface area contributed by atoms with Gasteiger partial charge in [0.05, 0.1) is 26.3 Å². The highest BCUT2D eigenvalue weighted by molar-refractivity contribution is 7.26. The average Bonchev–Trinajstić information content (AvgIpc) is 3.89. The van der Waals surface area contributed by atoms with Crippen LogP contribution in [0.25, 0.3) is 74.3 Å². The van der Waals surface area contributed by atoms with Crippen LogP contribution >= 0.6 is 22.7 Å². The van der Waals surface area contributed by atoms with Crippen molar-refractivity contribution >= 4 is 125 Å². The summed E-state index contributed by atoms with van der Waals surface area (Å²) in [7, 11) is 0. The zero-order valence-corrected chi connectivity index (χ0v) is 35.3. The predicted octanol–water partition coefficient (Wildman–Crippen LogP) is 15.3. The zero-order valence-electron chi connectivity index (χ0n) is 33.7. The number of hydrogen-bond acceptors (Lipinski definition) is 4. The molecule has 0 N–H and O–H groups in total. The van der Waals surface area contributed by atoms with E-state index in [0.717, 1.165) is 31.4 Å². The SMILES string of the molecule is CCc1cc(N(C2=c3sc4ccccc4c3=CCC2)c2ccccc2)c2ccc3c(CC)cc(N(c4ccccc4)c4cccc5c4sc4ccccc45)c4ccc1c2c34. The average molecular weight is 807 g/mol. The second kappa shape index (κ2) is 14.1. The first-order valence-corrected chi connectivity index (χ1v) is 22.9. The molecule has 0 amide bonds. The molecule has 0 saturated heterocycles. The first-order chi connectivity index (χ1) is 29.7. The molecule has 4 heteroatoms. The molecule has 1 aliphatic carbocycles. The summed E-state index contributed by atoms with van der Waals surface area (Å²) in [6, 6.07) is 61.4. The number of anilines is 5. The van der Waals surface area contributed by atoms with Crippen LogP contribution in [-0.2, 0) is 12.8 Å². The highest BCUT2D eigenvalue weighted by Crippen LogP contribution is 2.51. The smallest absolute Gasteiger partial charge is 0.0640 e. The molecule has 0 spiro atoms. The molecule has 12 rings (SSSR count). The van der Waals surface area contributed by atoms with Crippen LogP contribution in [0, 0.1) is 0 Å². The number of nitrogens with zero attached hydrogens (tertiary/aromatic N) is 2. The van der Waals surface area contributed by atoms with Crippen molar-refractivity contribution in [2.24, 2.45) is 0 Å². The second-order valence-corrected chi connectivity index (χ2v) is 18.1. The predicted molar refractivity (Wildman–Crippen MR) is 263 cm³/mol.